The fourth-order valence-corrected chi connectivity index (χ4v) is 7.54. The van der Waals surface area contributed by atoms with Gasteiger partial charge in [-0.3, -0.25) is 28.7 Å². The average molecular weight is 723 g/mol. The second-order valence-corrected chi connectivity index (χ2v) is 13.8. The van der Waals surface area contributed by atoms with Gasteiger partial charge in [0.05, 0.1) is 54.5 Å². The van der Waals surface area contributed by atoms with E-state index >= 15 is 0 Å². The number of ketones is 2. The van der Waals surface area contributed by atoms with Crippen molar-refractivity contribution in [2.24, 2.45) is 5.41 Å². The van der Waals surface area contributed by atoms with Crippen molar-refractivity contribution >= 4 is 50.4 Å². The van der Waals surface area contributed by atoms with Gasteiger partial charge < -0.3 is 9.64 Å². The molecule has 1 saturated carbocycles. The van der Waals surface area contributed by atoms with Crippen LogP contribution in [0.4, 0.5) is 0 Å². The summed E-state index contributed by atoms with van der Waals surface area (Å²) in [6.07, 6.45) is 12.1. The smallest absolute Gasteiger partial charge is 0.245 e. The summed E-state index contributed by atoms with van der Waals surface area (Å²) in [6, 6.07) is 6.68. The van der Waals surface area contributed by atoms with Crippen molar-refractivity contribution in [3.63, 3.8) is 0 Å². The van der Waals surface area contributed by atoms with Gasteiger partial charge in [0.1, 0.15) is 22.7 Å². The Morgan fingerprint density at radius 3 is 2.73 bits per heavy atom. The Kier molecular flexibility index (Phi) is 7.79. The van der Waals surface area contributed by atoms with Gasteiger partial charge in [-0.05, 0) is 65.5 Å². The first-order valence-corrected chi connectivity index (χ1v) is 16.9. The zero-order chi connectivity index (χ0) is 33.9. The van der Waals surface area contributed by atoms with Crippen LogP contribution in [0.1, 0.15) is 53.0 Å². The summed E-state index contributed by atoms with van der Waals surface area (Å²) >= 11 is 3.45. The minimum absolute atomic E-state index is 0.0613. The number of amides is 1. The van der Waals surface area contributed by atoms with Gasteiger partial charge in [0.2, 0.25) is 5.91 Å². The molecule has 0 N–H and O–H groups in total. The van der Waals surface area contributed by atoms with Crippen molar-refractivity contribution in [2.45, 2.75) is 64.9 Å². The third kappa shape index (κ3) is 5.88. The highest BCUT2D eigenvalue weighted by Gasteiger charge is 2.67. The van der Waals surface area contributed by atoms with Crippen LogP contribution in [0.2, 0.25) is 0 Å². The first-order valence-electron chi connectivity index (χ1n) is 16.1. The van der Waals surface area contributed by atoms with Crippen molar-refractivity contribution in [2.75, 3.05) is 6.61 Å². The summed E-state index contributed by atoms with van der Waals surface area (Å²) in [5.74, 6) is 0.0763. The monoisotopic (exact) mass is 721 g/mol. The van der Waals surface area contributed by atoms with Gasteiger partial charge in [-0.1, -0.05) is 12.1 Å². The lowest BCUT2D eigenvalue weighted by atomic mass is 9.94. The van der Waals surface area contributed by atoms with Crippen LogP contribution in [-0.4, -0.2) is 80.6 Å². The molecule has 2 aliphatic heterocycles. The number of piperidine rings is 1. The third-order valence-electron chi connectivity index (χ3n) is 9.68. The largest absolute Gasteiger partial charge is 0.373 e. The number of fused-ring (bicyclic) bond motifs is 5. The van der Waals surface area contributed by atoms with Crippen LogP contribution in [0, 0.1) is 12.3 Å². The first-order chi connectivity index (χ1) is 23.7. The number of aromatic nitrogens is 8. The van der Waals surface area contributed by atoms with Gasteiger partial charge >= 0.3 is 0 Å². The molecule has 13 nitrogen and oxygen atoms in total. The number of ether oxygens (including phenoxy) is 1. The number of hydrogen-bond acceptors (Lipinski definition) is 10. The van der Waals surface area contributed by atoms with Gasteiger partial charge in [-0.25, -0.2) is 15.0 Å². The first kappa shape index (κ1) is 31.3. The molecular weight excluding hydrogens is 690 g/mol. The number of carbonyl (C=O) groups excluding carboxylic acids is 3. The van der Waals surface area contributed by atoms with Crippen LogP contribution in [0.3, 0.4) is 0 Å². The highest BCUT2D eigenvalue weighted by molar-refractivity contribution is 9.10. The Morgan fingerprint density at radius 2 is 1.92 bits per heavy atom. The Bertz CT molecular complexity index is 2180. The van der Waals surface area contributed by atoms with Gasteiger partial charge in [-0.15, -0.1) is 0 Å². The zero-order valence-corrected chi connectivity index (χ0v) is 28.5. The van der Waals surface area contributed by atoms with E-state index in [1.165, 1.54) is 11.6 Å². The summed E-state index contributed by atoms with van der Waals surface area (Å²) in [5, 5.41) is 9.89. The maximum Gasteiger partial charge on any atom is 0.245 e. The predicted molar refractivity (Wildman–Crippen MR) is 181 cm³/mol. The van der Waals surface area contributed by atoms with Gasteiger partial charge in [0, 0.05) is 54.5 Å². The van der Waals surface area contributed by atoms with Crippen molar-refractivity contribution in [1.29, 1.82) is 0 Å². The van der Waals surface area contributed by atoms with E-state index in [-0.39, 0.29) is 47.6 Å². The lowest BCUT2D eigenvalue weighted by Crippen LogP contribution is -2.45. The highest BCUT2D eigenvalue weighted by Crippen LogP contribution is 2.60. The molecule has 2 fully saturated rings. The summed E-state index contributed by atoms with van der Waals surface area (Å²) in [4.78, 5) is 60.8. The van der Waals surface area contributed by atoms with E-state index in [9.17, 15) is 14.4 Å². The molecule has 49 heavy (non-hydrogen) atoms. The third-order valence-corrected chi connectivity index (χ3v) is 10.1. The molecule has 0 aromatic carbocycles. The molecule has 0 radical (unpaired) electrons. The lowest BCUT2D eigenvalue weighted by molar-refractivity contribution is -0.139. The van der Waals surface area contributed by atoms with Gasteiger partial charge in [0.25, 0.3) is 0 Å². The standard InChI is InChI=1S/C35H32BrN9O4/c1-20(46)34-25-10-26(23-14-37-21(2)38-15-23)39-16-29(25)44(42-34)17-33(48)45-28-12-35(13-31(35)45)19-43-8-7-24(41-43)4-3-9-49-18-22-5-6-32(36)40-27(22)11-30(28)47/h3-8,10,14-16,28,31H,9,11-13,17-19H2,1-2H3/b4-3-/t28-,31+,35-/m0/s1. The molecule has 1 aliphatic carbocycles. The lowest BCUT2D eigenvalue weighted by Gasteiger charge is -2.27. The molecule has 5 aromatic heterocycles. The maximum absolute atomic E-state index is 14.4. The van der Waals surface area contributed by atoms with Crippen LogP contribution in [0.25, 0.3) is 28.2 Å². The number of Topliss-reactive ketones (excluding diaryl/α,β-unsaturated/α-hetero) is 2. The van der Waals surface area contributed by atoms with E-state index in [0.29, 0.717) is 64.5 Å². The van der Waals surface area contributed by atoms with E-state index in [1.54, 1.807) is 36.5 Å². The van der Waals surface area contributed by atoms with E-state index in [1.807, 2.05) is 41.2 Å². The van der Waals surface area contributed by atoms with Crippen molar-refractivity contribution in [3.05, 3.63) is 88.2 Å². The average Bonchev–Trinajstić information content (AvgIpc) is 3.34. The molecule has 3 atom stereocenters. The molecule has 1 saturated heterocycles. The minimum atomic E-state index is -0.649. The van der Waals surface area contributed by atoms with Crippen LogP contribution in [-0.2, 0) is 40.4 Å². The van der Waals surface area contributed by atoms with Gasteiger partial charge in [0.15, 0.2) is 11.6 Å². The summed E-state index contributed by atoms with van der Waals surface area (Å²) in [5.41, 5.74) is 4.06. The summed E-state index contributed by atoms with van der Waals surface area (Å²) in [7, 11) is 0. The van der Waals surface area contributed by atoms with E-state index < -0.39 is 6.04 Å². The van der Waals surface area contributed by atoms with E-state index in [2.05, 4.69) is 41.0 Å². The van der Waals surface area contributed by atoms with Crippen LogP contribution in [0.5, 0.6) is 0 Å². The van der Waals surface area contributed by atoms with Crippen molar-refractivity contribution in [1.82, 2.24) is 44.4 Å². The fourth-order valence-electron chi connectivity index (χ4n) is 7.19. The van der Waals surface area contributed by atoms with E-state index in [4.69, 9.17) is 9.84 Å². The molecule has 248 valence electrons. The molecule has 5 aromatic rings. The minimum Gasteiger partial charge on any atom is -0.373 e. The van der Waals surface area contributed by atoms with Crippen molar-refractivity contribution < 1.29 is 19.1 Å². The Hall–Kier alpha value is -4.95. The summed E-state index contributed by atoms with van der Waals surface area (Å²) in [6.45, 7) is 4.36. The number of likely N-dealkylation sites (tertiary alicyclic amines) is 1. The Balaban J connectivity index is 1.13. The Morgan fingerprint density at radius 1 is 1.08 bits per heavy atom. The molecular formula is C35H32BrN9O4. The van der Waals surface area contributed by atoms with Crippen molar-refractivity contribution in [3.8, 4) is 11.3 Å². The number of carbonyl (C=O) groups is 3. The van der Waals surface area contributed by atoms with Crippen LogP contribution in [0.15, 0.2) is 59.7 Å². The number of pyridine rings is 2. The molecule has 1 amide bonds. The number of nitrogens with zero attached hydrogens (tertiary/aromatic N) is 9. The van der Waals surface area contributed by atoms with E-state index in [0.717, 1.165) is 17.7 Å². The number of rotatable bonds is 4. The second kappa shape index (κ2) is 12.2. The molecule has 8 rings (SSSR count). The number of aryl methyl sites for hydroxylation is 1. The summed E-state index contributed by atoms with van der Waals surface area (Å²) < 4.78 is 9.93. The Labute approximate surface area is 289 Å². The molecule has 14 heteroatoms. The molecule has 3 aliphatic rings. The van der Waals surface area contributed by atoms with Crippen LogP contribution < -0.4 is 0 Å². The normalized spacial score (nSPS) is 22.5. The number of hydrogen-bond donors (Lipinski definition) is 0. The molecule has 7 heterocycles. The quantitative estimate of drug-likeness (QED) is 0.195. The fraction of sp³-hybridized carbons (Fsp3) is 0.343. The zero-order valence-electron chi connectivity index (χ0n) is 26.9. The number of halogens is 1. The predicted octanol–water partition coefficient (Wildman–Crippen LogP) is 4.17. The molecule has 0 unspecified atom stereocenters. The SMILES string of the molecule is CC(=O)c1nn(CC(=O)N2[C@H]3C[C@]4(C[C@@H]24)Cn2ccc(n2)/C=C\COCc2ccc(Br)nc2CC3=O)c2cnc(-c3cnc(C)nc3)cc12. The van der Waals surface area contributed by atoms with Gasteiger partial charge in [-0.2, -0.15) is 10.2 Å². The molecule has 4 bridgehead atoms. The highest BCUT2D eigenvalue weighted by atomic mass is 79.9. The second-order valence-electron chi connectivity index (χ2n) is 13.0. The molecule has 1 spiro atoms. The topological polar surface area (TPSA) is 151 Å². The maximum atomic E-state index is 14.4. The van der Waals surface area contributed by atoms with Crippen LogP contribution >= 0.6 is 15.9 Å².